The van der Waals surface area contributed by atoms with Crippen molar-refractivity contribution in [3.63, 3.8) is 0 Å². The molecule has 0 saturated heterocycles. The lowest BCUT2D eigenvalue weighted by atomic mass is 9.37. The minimum absolute atomic E-state index is 0.0858. The minimum Gasteiger partial charge on any atom is -0.462 e. The summed E-state index contributed by atoms with van der Waals surface area (Å²) in [6.45, 7) is 13.2. The van der Waals surface area contributed by atoms with Crippen LogP contribution in [-0.4, -0.2) is 64.4 Å². The van der Waals surface area contributed by atoms with Crippen LogP contribution in [0.15, 0.2) is 12.2 Å². The summed E-state index contributed by atoms with van der Waals surface area (Å²) in [4.78, 5) is 50.6. The summed E-state index contributed by atoms with van der Waals surface area (Å²) in [6, 6.07) is 0. The molecule has 9 heteroatoms. The average molecular weight is 493 g/mol. The molecule has 0 aromatic heterocycles. The average Bonchev–Trinajstić information content (AvgIpc) is 2.90. The second-order valence-corrected chi connectivity index (χ2v) is 11.7. The number of ketones is 1. The van der Waals surface area contributed by atoms with E-state index in [2.05, 4.69) is 6.58 Å². The van der Waals surface area contributed by atoms with Crippen LogP contribution < -0.4 is 0 Å². The number of aliphatic hydroxyl groups excluding tert-OH is 2. The van der Waals surface area contributed by atoms with Gasteiger partial charge < -0.3 is 24.4 Å². The topological polar surface area (TPSA) is 136 Å². The zero-order valence-corrected chi connectivity index (χ0v) is 21.2. The fourth-order valence-corrected chi connectivity index (χ4v) is 8.44. The highest BCUT2D eigenvalue weighted by atomic mass is 16.6. The van der Waals surface area contributed by atoms with E-state index >= 15 is 0 Å². The number of allylic oxidation sites excluding steroid dienone is 1. The number of carbonyl (C=O) groups is 4. The molecule has 1 spiro atoms. The van der Waals surface area contributed by atoms with Crippen LogP contribution in [0.2, 0.25) is 0 Å². The number of aliphatic hydroxyl groups is 2. The molecule has 2 bridgehead atoms. The molecule has 1 unspecified atom stereocenters. The van der Waals surface area contributed by atoms with Gasteiger partial charge in [0, 0.05) is 44.4 Å². The van der Waals surface area contributed by atoms with Crippen LogP contribution in [0.1, 0.15) is 60.8 Å². The molecule has 10 atom stereocenters. The highest BCUT2D eigenvalue weighted by Crippen LogP contribution is 2.72. The van der Waals surface area contributed by atoms with E-state index in [9.17, 15) is 29.4 Å². The first-order valence-corrected chi connectivity index (χ1v) is 12.2. The molecule has 4 fully saturated rings. The second-order valence-electron chi connectivity index (χ2n) is 11.7. The monoisotopic (exact) mass is 492 g/mol. The maximum Gasteiger partial charge on any atom is 0.303 e. The second kappa shape index (κ2) is 8.13. The Balaban J connectivity index is 2.03. The van der Waals surface area contributed by atoms with Gasteiger partial charge >= 0.3 is 17.9 Å². The Labute approximate surface area is 205 Å². The third-order valence-corrected chi connectivity index (χ3v) is 9.44. The highest BCUT2D eigenvalue weighted by Gasteiger charge is 2.79. The van der Waals surface area contributed by atoms with E-state index in [-0.39, 0.29) is 24.5 Å². The Kier molecular flexibility index (Phi) is 6.00. The van der Waals surface area contributed by atoms with Gasteiger partial charge in [-0.1, -0.05) is 27.4 Å². The molecule has 4 rings (SSSR count). The lowest BCUT2D eigenvalue weighted by Crippen LogP contribution is -2.76. The predicted octanol–water partition coefficient (Wildman–Crippen LogP) is 1.72. The summed E-state index contributed by atoms with van der Waals surface area (Å²) in [7, 11) is 0. The molecule has 0 aliphatic heterocycles. The molecule has 0 heterocycles. The van der Waals surface area contributed by atoms with E-state index in [4.69, 9.17) is 14.2 Å². The lowest BCUT2D eigenvalue weighted by molar-refractivity contribution is -0.307. The maximum atomic E-state index is 14.0. The van der Waals surface area contributed by atoms with Gasteiger partial charge in [-0.3, -0.25) is 19.2 Å². The Morgan fingerprint density at radius 1 is 0.914 bits per heavy atom. The van der Waals surface area contributed by atoms with Crippen molar-refractivity contribution >= 4 is 23.7 Å². The number of carbonyl (C=O) groups excluding carboxylic acids is 4. The summed E-state index contributed by atoms with van der Waals surface area (Å²) in [6.07, 6.45) is -4.48. The van der Waals surface area contributed by atoms with Crippen molar-refractivity contribution in [2.24, 2.45) is 34.0 Å². The smallest absolute Gasteiger partial charge is 0.303 e. The zero-order valence-electron chi connectivity index (χ0n) is 21.2. The van der Waals surface area contributed by atoms with Gasteiger partial charge in [-0.2, -0.15) is 0 Å². The lowest BCUT2D eigenvalue weighted by Gasteiger charge is -2.69. The van der Waals surface area contributed by atoms with Crippen molar-refractivity contribution in [3.05, 3.63) is 12.2 Å². The van der Waals surface area contributed by atoms with Gasteiger partial charge in [0.15, 0.2) is 5.78 Å². The van der Waals surface area contributed by atoms with Crippen LogP contribution >= 0.6 is 0 Å². The van der Waals surface area contributed by atoms with Crippen molar-refractivity contribution < 1.29 is 43.6 Å². The van der Waals surface area contributed by atoms with Crippen molar-refractivity contribution in [1.82, 2.24) is 0 Å². The molecule has 194 valence electrons. The summed E-state index contributed by atoms with van der Waals surface area (Å²) >= 11 is 0. The summed E-state index contributed by atoms with van der Waals surface area (Å²) < 4.78 is 17.3. The van der Waals surface area contributed by atoms with Crippen molar-refractivity contribution in [2.75, 3.05) is 0 Å². The number of Topliss-reactive ketones (excluding diaryl/α,β-unsaturated/α-hetero) is 1. The van der Waals surface area contributed by atoms with Crippen LogP contribution in [0, 0.1) is 34.0 Å². The number of fused-ring (bicyclic) bond motifs is 3. The fraction of sp³-hybridized carbons (Fsp3) is 0.769. The molecule has 35 heavy (non-hydrogen) atoms. The van der Waals surface area contributed by atoms with Crippen LogP contribution in [0.3, 0.4) is 0 Å². The van der Waals surface area contributed by atoms with E-state index in [1.165, 1.54) is 20.8 Å². The van der Waals surface area contributed by atoms with Gasteiger partial charge in [-0.15, -0.1) is 0 Å². The first kappa shape index (κ1) is 25.8. The Bertz CT molecular complexity index is 985. The van der Waals surface area contributed by atoms with E-state index in [1.54, 1.807) is 13.8 Å². The molecule has 4 aliphatic rings. The molecule has 4 saturated carbocycles. The van der Waals surface area contributed by atoms with Gasteiger partial charge in [-0.25, -0.2) is 0 Å². The van der Waals surface area contributed by atoms with Crippen LogP contribution in [0.25, 0.3) is 0 Å². The quantitative estimate of drug-likeness (QED) is 0.343. The minimum atomic E-state index is -1.41. The van der Waals surface area contributed by atoms with Crippen molar-refractivity contribution in [1.29, 1.82) is 0 Å². The summed E-state index contributed by atoms with van der Waals surface area (Å²) in [5.41, 5.74) is -3.07. The number of hydrogen-bond donors (Lipinski definition) is 2. The molecule has 0 aromatic rings. The molecule has 4 aliphatic carbocycles. The molecular formula is C26H36O9. The number of esters is 3. The van der Waals surface area contributed by atoms with Crippen molar-refractivity contribution in [3.8, 4) is 0 Å². The van der Waals surface area contributed by atoms with E-state index in [0.29, 0.717) is 12.0 Å². The van der Waals surface area contributed by atoms with E-state index in [1.807, 2.05) is 6.92 Å². The fourth-order valence-electron chi connectivity index (χ4n) is 8.44. The number of rotatable bonds is 3. The first-order chi connectivity index (χ1) is 16.1. The molecule has 0 amide bonds. The SMILES string of the molecule is C=C1C(=O)[C@@]23C[C@@H]1C[C@H](OC(C)=O)C2[C@]1(C)[C@H]([C@H](O)[C@@H]3OC(C)=O)C(C)(C)[C@@H](O)C[C@H]1OC(C)=O. The molecule has 2 N–H and O–H groups in total. The predicted molar refractivity (Wildman–Crippen MR) is 121 cm³/mol. The van der Waals surface area contributed by atoms with Gasteiger partial charge in [0.2, 0.25) is 0 Å². The van der Waals surface area contributed by atoms with Gasteiger partial charge in [0.05, 0.1) is 17.6 Å². The molecular weight excluding hydrogens is 456 g/mol. The van der Waals surface area contributed by atoms with Crippen LogP contribution in [0.5, 0.6) is 0 Å². The Morgan fingerprint density at radius 2 is 1.49 bits per heavy atom. The molecule has 9 nitrogen and oxygen atoms in total. The molecule has 0 radical (unpaired) electrons. The van der Waals surface area contributed by atoms with Crippen LogP contribution in [0.4, 0.5) is 0 Å². The van der Waals surface area contributed by atoms with E-state index < -0.39 is 76.5 Å². The number of hydrogen-bond acceptors (Lipinski definition) is 9. The Hall–Kier alpha value is -2.26. The molecule has 0 aromatic carbocycles. The highest BCUT2D eigenvalue weighted by molar-refractivity contribution is 6.04. The zero-order chi connectivity index (χ0) is 26.2. The third-order valence-electron chi connectivity index (χ3n) is 9.44. The Morgan fingerprint density at radius 3 is 2.03 bits per heavy atom. The first-order valence-electron chi connectivity index (χ1n) is 12.2. The largest absolute Gasteiger partial charge is 0.462 e. The summed E-state index contributed by atoms with van der Waals surface area (Å²) in [5.74, 6) is -3.89. The third kappa shape index (κ3) is 3.41. The van der Waals surface area contributed by atoms with Crippen LogP contribution in [-0.2, 0) is 33.4 Å². The summed E-state index contributed by atoms with van der Waals surface area (Å²) in [5, 5.41) is 23.0. The van der Waals surface area contributed by atoms with Gasteiger partial charge in [0.1, 0.15) is 18.3 Å². The normalized spacial score (nSPS) is 45.7. The van der Waals surface area contributed by atoms with E-state index in [0.717, 1.165) is 0 Å². The number of ether oxygens (including phenoxy) is 3. The van der Waals surface area contributed by atoms with Crippen molar-refractivity contribution in [2.45, 2.75) is 91.3 Å². The standard InChI is InChI=1S/C26H36O9/c1-11-15-8-16(33-12(2)27)20-25(7)18(34-13(3)28)9-17(30)24(5,6)21(25)19(31)23(35-14(4)29)26(20,10-15)22(11)32/h15-21,23,30-31H,1,8-10H2,2-7H3/t15-,16-,17-,18+,19-,20?,21+,23-,25+,26+/m0/s1. The van der Waals surface area contributed by atoms with Gasteiger partial charge in [-0.05, 0) is 29.7 Å². The maximum absolute atomic E-state index is 14.0. The van der Waals surface area contributed by atoms with Gasteiger partial charge in [0.25, 0.3) is 0 Å².